The number of hydrogen-bond donors (Lipinski definition) is 1. The second kappa shape index (κ2) is 6.11. The van der Waals surface area contributed by atoms with E-state index in [4.69, 9.17) is 14.2 Å². The summed E-state index contributed by atoms with van der Waals surface area (Å²) in [6.45, 7) is 6.03. The number of imidazole rings is 1. The standard InChI is InChI=1S/C15H18IN5O4/c1-4-17-13(22)9-8-10(25-15(2,3)24-8)14(23-9)21-6-20-7-11(16)18-5-19-12(7)21/h5-6,8-10,14H,4H2,1-3H3,(H,17,22)/t8-,9+,10-,14-/m1/s1. The van der Waals surface area contributed by atoms with Gasteiger partial charge in [-0.05, 0) is 43.4 Å². The summed E-state index contributed by atoms with van der Waals surface area (Å²) in [7, 11) is 0. The zero-order valence-electron chi connectivity index (χ0n) is 14.0. The average molecular weight is 459 g/mol. The molecule has 1 amide bonds. The third kappa shape index (κ3) is 2.80. The molecule has 10 heteroatoms. The zero-order chi connectivity index (χ0) is 17.8. The first-order valence-electron chi connectivity index (χ1n) is 8.03. The molecule has 0 spiro atoms. The summed E-state index contributed by atoms with van der Waals surface area (Å²) >= 11 is 2.11. The third-order valence-corrected chi connectivity index (χ3v) is 5.02. The minimum Gasteiger partial charge on any atom is -0.354 e. The highest BCUT2D eigenvalue weighted by atomic mass is 127. The highest BCUT2D eigenvalue weighted by Gasteiger charge is 2.58. The van der Waals surface area contributed by atoms with Crippen molar-refractivity contribution in [2.24, 2.45) is 0 Å². The average Bonchev–Trinajstić information content (AvgIpc) is 3.18. The number of nitrogens with zero attached hydrogens (tertiary/aromatic N) is 4. The van der Waals surface area contributed by atoms with Gasteiger partial charge in [-0.2, -0.15) is 0 Å². The van der Waals surface area contributed by atoms with Crippen molar-refractivity contribution in [2.75, 3.05) is 6.54 Å². The fraction of sp³-hybridized carbons (Fsp3) is 0.600. The molecule has 0 aromatic carbocycles. The van der Waals surface area contributed by atoms with Crippen LogP contribution in [0.2, 0.25) is 0 Å². The van der Waals surface area contributed by atoms with Crippen molar-refractivity contribution in [1.82, 2.24) is 24.8 Å². The number of nitrogens with one attached hydrogen (secondary N) is 1. The monoisotopic (exact) mass is 459 g/mol. The van der Waals surface area contributed by atoms with Gasteiger partial charge in [-0.1, -0.05) is 0 Å². The normalized spacial score (nSPS) is 30.6. The molecule has 0 radical (unpaired) electrons. The summed E-state index contributed by atoms with van der Waals surface area (Å²) in [5.74, 6) is -1.00. The zero-order valence-corrected chi connectivity index (χ0v) is 16.1. The molecule has 134 valence electrons. The number of amides is 1. The van der Waals surface area contributed by atoms with E-state index in [-0.39, 0.29) is 5.91 Å². The van der Waals surface area contributed by atoms with Gasteiger partial charge in [0, 0.05) is 6.54 Å². The van der Waals surface area contributed by atoms with E-state index in [0.717, 1.165) is 3.70 Å². The lowest BCUT2D eigenvalue weighted by molar-refractivity contribution is -0.197. The van der Waals surface area contributed by atoms with E-state index in [0.29, 0.717) is 17.7 Å². The van der Waals surface area contributed by atoms with E-state index in [2.05, 4.69) is 42.9 Å². The maximum absolute atomic E-state index is 12.4. The van der Waals surface area contributed by atoms with Gasteiger partial charge in [0.05, 0.1) is 6.33 Å². The van der Waals surface area contributed by atoms with Crippen molar-refractivity contribution in [3.05, 3.63) is 16.4 Å². The minimum absolute atomic E-state index is 0.213. The number of ether oxygens (including phenoxy) is 3. The van der Waals surface area contributed by atoms with Crippen LogP contribution in [0.25, 0.3) is 11.2 Å². The van der Waals surface area contributed by atoms with Gasteiger partial charge in [0.25, 0.3) is 5.91 Å². The van der Waals surface area contributed by atoms with Crippen LogP contribution in [-0.2, 0) is 19.0 Å². The van der Waals surface area contributed by atoms with E-state index in [1.54, 1.807) is 10.9 Å². The SMILES string of the molecule is CCNC(=O)[C@H]1O[C@@H](n2cnc3c(I)ncnc32)[C@@H]2OC(C)(C)O[C@@H]21. The van der Waals surface area contributed by atoms with Crippen LogP contribution < -0.4 is 5.32 Å². The molecule has 9 nitrogen and oxygen atoms in total. The Morgan fingerprint density at radius 3 is 2.84 bits per heavy atom. The van der Waals surface area contributed by atoms with Crippen LogP contribution in [0.1, 0.15) is 27.0 Å². The predicted octanol–water partition coefficient (Wildman–Crippen LogP) is 0.984. The van der Waals surface area contributed by atoms with Crippen LogP contribution in [-0.4, -0.2) is 56.1 Å². The Morgan fingerprint density at radius 2 is 2.08 bits per heavy atom. The largest absolute Gasteiger partial charge is 0.354 e. The van der Waals surface area contributed by atoms with Gasteiger partial charge in [-0.25, -0.2) is 15.0 Å². The first kappa shape index (κ1) is 17.1. The topological polar surface area (TPSA) is 100 Å². The summed E-state index contributed by atoms with van der Waals surface area (Å²) in [6.07, 6.45) is 0.868. The summed E-state index contributed by atoms with van der Waals surface area (Å²) < 4.78 is 20.5. The third-order valence-electron chi connectivity index (χ3n) is 4.23. The summed E-state index contributed by atoms with van der Waals surface area (Å²) in [5, 5.41) is 2.79. The van der Waals surface area contributed by atoms with Gasteiger partial charge < -0.3 is 19.5 Å². The Hall–Kier alpha value is -1.37. The molecule has 2 aromatic rings. The molecule has 2 saturated heterocycles. The van der Waals surface area contributed by atoms with E-state index in [9.17, 15) is 4.79 Å². The van der Waals surface area contributed by atoms with Crippen molar-refractivity contribution in [3.63, 3.8) is 0 Å². The smallest absolute Gasteiger partial charge is 0.252 e. The van der Waals surface area contributed by atoms with Crippen LogP contribution in [0, 0.1) is 3.70 Å². The van der Waals surface area contributed by atoms with E-state index >= 15 is 0 Å². The molecule has 1 N–H and O–H groups in total. The number of aromatic nitrogens is 4. The van der Waals surface area contributed by atoms with E-state index < -0.39 is 30.3 Å². The summed E-state index contributed by atoms with van der Waals surface area (Å²) in [5.41, 5.74) is 1.32. The molecule has 2 aromatic heterocycles. The van der Waals surface area contributed by atoms with Crippen molar-refractivity contribution in [3.8, 4) is 0 Å². The molecule has 0 saturated carbocycles. The first-order valence-corrected chi connectivity index (χ1v) is 9.11. The Bertz CT molecular complexity index is 825. The van der Waals surface area contributed by atoms with Crippen molar-refractivity contribution < 1.29 is 19.0 Å². The van der Waals surface area contributed by atoms with Gasteiger partial charge in [0.1, 0.15) is 27.8 Å². The number of halogens is 1. The van der Waals surface area contributed by atoms with Gasteiger partial charge in [-0.3, -0.25) is 9.36 Å². The molecule has 25 heavy (non-hydrogen) atoms. The van der Waals surface area contributed by atoms with Gasteiger partial charge >= 0.3 is 0 Å². The van der Waals surface area contributed by atoms with Crippen molar-refractivity contribution in [2.45, 2.75) is 51.1 Å². The summed E-state index contributed by atoms with van der Waals surface area (Å²) in [4.78, 5) is 25.2. The molecule has 0 aliphatic carbocycles. The second-order valence-corrected chi connectivity index (χ2v) is 7.42. The Balaban J connectivity index is 1.73. The second-order valence-electron chi connectivity index (χ2n) is 6.40. The van der Waals surface area contributed by atoms with Crippen molar-refractivity contribution in [1.29, 1.82) is 0 Å². The Labute approximate surface area is 157 Å². The van der Waals surface area contributed by atoms with Gasteiger partial charge in [-0.15, -0.1) is 0 Å². The van der Waals surface area contributed by atoms with E-state index in [1.807, 2.05) is 20.8 Å². The van der Waals surface area contributed by atoms with Crippen LogP contribution in [0.4, 0.5) is 0 Å². The predicted molar refractivity (Wildman–Crippen MR) is 94.5 cm³/mol. The number of rotatable bonds is 3. The molecular formula is C15H18IN5O4. The van der Waals surface area contributed by atoms with Crippen LogP contribution >= 0.6 is 22.6 Å². The highest BCUT2D eigenvalue weighted by Crippen LogP contribution is 2.43. The number of carbonyl (C=O) groups is 1. The molecule has 2 aliphatic heterocycles. The van der Waals surface area contributed by atoms with Crippen LogP contribution in [0.3, 0.4) is 0 Å². The first-order chi connectivity index (χ1) is 11.9. The highest BCUT2D eigenvalue weighted by molar-refractivity contribution is 14.1. The van der Waals surface area contributed by atoms with E-state index in [1.165, 1.54) is 6.33 Å². The Morgan fingerprint density at radius 1 is 1.32 bits per heavy atom. The Kier molecular flexibility index (Phi) is 4.17. The maximum Gasteiger partial charge on any atom is 0.252 e. The number of carbonyl (C=O) groups excluding carboxylic acids is 1. The van der Waals surface area contributed by atoms with Gasteiger partial charge in [0.2, 0.25) is 0 Å². The molecule has 4 rings (SSSR count). The minimum atomic E-state index is -0.790. The molecule has 4 heterocycles. The molecule has 2 fully saturated rings. The number of hydrogen-bond acceptors (Lipinski definition) is 7. The summed E-state index contributed by atoms with van der Waals surface area (Å²) in [6, 6.07) is 0. The maximum atomic E-state index is 12.4. The lowest BCUT2D eigenvalue weighted by Gasteiger charge is -2.24. The molecule has 2 aliphatic rings. The molecule has 0 unspecified atom stereocenters. The molecular weight excluding hydrogens is 441 g/mol. The van der Waals surface area contributed by atoms with Gasteiger partial charge in [0.15, 0.2) is 23.8 Å². The fourth-order valence-corrected chi connectivity index (χ4v) is 3.80. The lowest BCUT2D eigenvalue weighted by Crippen LogP contribution is -2.42. The van der Waals surface area contributed by atoms with Crippen molar-refractivity contribution >= 4 is 39.7 Å². The number of fused-ring (bicyclic) bond motifs is 2. The lowest BCUT2D eigenvalue weighted by atomic mass is 10.1. The van der Waals surface area contributed by atoms with Crippen LogP contribution in [0.15, 0.2) is 12.7 Å². The van der Waals surface area contributed by atoms with Crippen LogP contribution in [0.5, 0.6) is 0 Å². The fourth-order valence-electron chi connectivity index (χ4n) is 3.30. The number of likely N-dealkylation sites (N-methyl/N-ethyl adjacent to an activating group) is 1. The molecule has 0 bridgehead atoms. The quantitative estimate of drug-likeness (QED) is 0.540. The molecule has 4 atom stereocenters.